The van der Waals surface area contributed by atoms with E-state index < -0.39 is 11.7 Å². The number of alkyl halides is 1. The maximum atomic E-state index is 13.5. The average molecular weight is 553 g/mol. The van der Waals surface area contributed by atoms with Crippen molar-refractivity contribution in [1.29, 1.82) is 0 Å². The molecule has 9 heteroatoms. The number of aromatic nitrogens is 1. The van der Waals surface area contributed by atoms with Gasteiger partial charge >= 0.3 is 0 Å². The molecule has 2 aliphatic rings. The van der Waals surface area contributed by atoms with E-state index >= 15 is 0 Å². The molecule has 1 fully saturated rings. The van der Waals surface area contributed by atoms with E-state index in [4.69, 9.17) is 0 Å². The molecule has 3 heterocycles. The molecule has 0 N–H and O–H groups in total. The number of carbonyl (C=O) groups is 2. The van der Waals surface area contributed by atoms with E-state index in [0.29, 0.717) is 12.5 Å². The lowest BCUT2D eigenvalue weighted by Gasteiger charge is -2.36. The quantitative estimate of drug-likeness (QED) is 0.202. The summed E-state index contributed by atoms with van der Waals surface area (Å²) in [4.78, 5) is 28.6. The van der Waals surface area contributed by atoms with Gasteiger partial charge in [0.15, 0.2) is 0 Å². The van der Waals surface area contributed by atoms with Gasteiger partial charge in [-0.25, -0.2) is 8.78 Å². The monoisotopic (exact) mass is 553 g/mol. The Kier molecular flexibility index (Phi) is 5.51. The zero-order valence-electron chi connectivity index (χ0n) is 16.4. The fourth-order valence-corrected chi connectivity index (χ4v) is 6.43. The molecule has 31 heavy (non-hydrogen) atoms. The number of hydrogen-bond donors (Lipinski definition) is 0. The van der Waals surface area contributed by atoms with Crippen LogP contribution < -0.4 is 0 Å². The molecule has 1 saturated heterocycles. The number of hydrogen-bond acceptors (Lipinski definition) is 5. The molecule has 2 aromatic carbocycles. The smallest absolute Gasteiger partial charge is 0.261 e. The van der Waals surface area contributed by atoms with Gasteiger partial charge in [0.05, 0.1) is 25.6 Å². The van der Waals surface area contributed by atoms with Crippen LogP contribution in [0.5, 0.6) is 0 Å². The van der Waals surface area contributed by atoms with Crippen molar-refractivity contribution in [3.05, 3.63) is 64.9 Å². The second-order valence-electron chi connectivity index (χ2n) is 7.85. The first-order valence-electron chi connectivity index (χ1n) is 10.0. The van der Waals surface area contributed by atoms with Gasteiger partial charge < -0.3 is 0 Å². The van der Waals surface area contributed by atoms with E-state index in [1.54, 1.807) is 0 Å². The highest BCUT2D eigenvalue weighted by Gasteiger charge is 2.37. The van der Waals surface area contributed by atoms with Gasteiger partial charge in [0, 0.05) is 24.4 Å². The highest BCUT2D eigenvalue weighted by molar-refractivity contribution is 14.1. The summed E-state index contributed by atoms with van der Waals surface area (Å²) in [5.74, 6) is -1.27. The predicted octanol–water partition coefficient (Wildman–Crippen LogP) is 4.81. The van der Waals surface area contributed by atoms with Crippen LogP contribution in [-0.2, 0) is 0 Å². The van der Waals surface area contributed by atoms with Crippen LogP contribution in [0.15, 0.2) is 36.4 Å². The molecule has 2 aliphatic heterocycles. The SMILES string of the molecule is O=C1c2ccc(F)cc2C(=O)N1CCN1CCC(c2nsc3cc(F)ccc23)CC1I. The first kappa shape index (κ1) is 20.9. The maximum Gasteiger partial charge on any atom is 0.261 e. The van der Waals surface area contributed by atoms with E-state index in [0.717, 1.165) is 41.2 Å². The Morgan fingerprint density at radius 2 is 1.77 bits per heavy atom. The Bertz CT molecular complexity index is 1200. The van der Waals surface area contributed by atoms with Crippen LogP contribution >= 0.6 is 34.1 Å². The molecule has 3 aromatic rings. The molecular formula is C22H18F2IN3O2S. The second kappa shape index (κ2) is 8.18. The van der Waals surface area contributed by atoms with E-state index in [2.05, 4.69) is 31.9 Å². The molecule has 1 aromatic heterocycles. The minimum atomic E-state index is -0.520. The van der Waals surface area contributed by atoms with Gasteiger partial charge in [0.1, 0.15) is 11.6 Å². The highest BCUT2D eigenvalue weighted by atomic mass is 127. The molecule has 0 bridgehead atoms. The molecule has 160 valence electrons. The molecule has 5 nitrogen and oxygen atoms in total. The Hall–Kier alpha value is -1.98. The number of nitrogens with zero attached hydrogens (tertiary/aromatic N) is 3. The number of piperidine rings is 1. The molecular weight excluding hydrogens is 535 g/mol. The molecule has 0 radical (unpaired) electrons. The first-order chi connectivity index (χ1) is 14.9. The van der Waals surface area contributed by atoms with Gasteiger partial charge in [0.2, 0.25) is 0 Å². The fourth-order valence-electron chi connectivity index (χ4n) is 4.38. The molecule has 0 saturated carbocycles. The van der Waals surface area contributed by atoms with Crippen molar-refractivity contribution in [2.45, 2.75) is 22.8 Å². The molecule has 2 unspecified atom stereocenters. The van der Waals surface area contributed by atoms with Crippen molar-refractivity contribution in [2.24, 2.45) is 0 Å². The minimum absolute atomic E-state index is 0.140. The van der Waals surface area contributed by atoms with Gasteiger partial charge in [-0.05, 0) is 67.3 Å². The highest BCUT2D eigenvalue weighted by Crippen LogP contribution is 2.38. The second-order valence-corrected chi connectivity index (χ2v) is 10.1. The van der Waals surface area contributed by atoms with Crippen molar-refractivity contribution >= 4 is 56.0 Å². The topological polar surface area (TPSA) is 53.5 Å². The van der Waals surface area contributed by atoms with E-state index in [1.165, 1.54) is 40.7 Å². The number of rotatable bonds is 4. The fraction of sp³-hybridized carbons (Fsp3) is 0.318. The third-order valence-corrected chi connectivity index (χ3v) is 8.15. The number of carbonyl (C=O) groups excluding carboxylic acids is 2. The van der Waals surface area contributed by atoms with Gasteiger partial charge in [0.25, 0.3) is 11.8 Å². The van der Waals surface area contributed by atoms with Gasteiger partial charge in [-0.3, -0.25) is 19.4 Å². The summed E-state index contributed by atoms with van der Waals surface area (Å²) in [6, 6.07) is 8.53. The summed E-state index contributed by atoms with van der Waals surface area (Å²) in [5, 5.41) is 1.02. The molecule has 5 rings (SSSR count). The zero-order valence-corrected chi connectivity index (χ0v) is 19.3. The van der Waals surface area contributed by atoms with Gasteiger partial charge in [-0.1, -0.05) is 22.6 Å². The molecule has 0 spiro atoms. The van der Waals surface area contributed by atoms with Crippen molar-refractivity contribution in [2.75, 3.05) is 19.6 Å². The number of benzene rings is 2. The number of halogens is 3. The number of imide groups is 1. The lowest BCUT2D eigenvalue weighted by molar-refractivity contribution is 0.0627. The predicted molar refractivity (Wildman–Crippen MR) is 123 cm³/mol. The lowest BCUT2D eigenvalue weighted by atomic mass is 9.91. The maximum absolute atomic E-state index is 13.5. The van der Waals surface area contributed by atoms with Crippen molar-refractivity contribution < 1.29 is 18.4 Å². The van der Waals surface area contributed by atoms with E-state index in [-0.39, 0.29) is 33.4 Å². The van der Waals surface area contributed by atoms with Crippen LogP contribution in [0, 0.1) is 11.6 Å². The normalized spacial score (nSPS) is 21.8. The zero-order chi connectivity index (χ0) is 21.7. The summed E-state index contributed by atoms with van der Waals surface area (Å²) >= 11 is 3.73. The third-order valence-electron chi connectivity index (χ3n) is 6.03. The van der Waals surface area contributed by atoms with Gasteiger partial charge in [-0.15, -0.1) is 0 Å². The summed E-state index contributed by atoms with van der Waals surface area (Å²) in [6.07, 6.45) is 1.80. The summed E-state index contributed by atoms with van der Waals surface area (Å²) in [6.45, 7) is 1.66. The molecule has 2 amide bonds. The van der Waals surface area contributed by atoms with E-state index in [9.17, 15) is 18.4 Å². The average Bonchev–Trinajstić information content (AvgIpc) is 3.26. The third kappa shape index (κ3) is 3.76. The van der Waals surface area contributed by atoms with Gasteiger partial charge in [-0.2, -0.15) is 4.37 Å². The van der Waals surface area contributed by atoms with E-state index in [1.807, 2.05) is 6.07 Å². The Balaban J connectivity index is 1.24. The van der Waals surface area contributed by atoms with Crippen molar-refractivity contribution in [1.82, 2.24) is 14.2 Å². The summed E-state index contributed by atoms with van der Waals surface area (Å²) in [5.41, 5.74) is 1.44. The van der Waals surface area contributed by atoms with Crippen molar-refractivity contribution in [3.63, 3.8) is 0 Å². The molecule has 0 aliphatic carbocycles. The van der Waals surface area contributed by atoms with Crippen LogP contribution in [0.2, 0.25) is 0 Å². The van der Waals surface area contributed by atoms with Crippen LogP contribution in [0.25, 0.3) is 10.1 Å². The first-order valence-corrected chi connectivity index (χ1v) is 12.0. The lowest BCUT2D eigenvalue weighted by Crippen LogP contribution is -2.44. The minimum Gasteiger partial charge on any atom is -0.290 e. The Morgan fingerprint density at radius 3 is 2.58 bits per heavy atom. The van der Waals surface area contributed by atoms with Crippen LogP contribution in [0.4, 0.5) is 8.78 Å². The van der Waals surface area contributed by atoms with Crippen molar-refractivity contribution in [3.8, 4) is 0 Å². The standard InChI is InChI=1S/C22H18F2IN3O2S/c23-13-1-3-15-17(10-13)22(30)28(21(15)29)8-7-27-6-5-12(9-19(27)25)20-16-4-2-14(24)11-18(16)31-26-20/h1-4,10-12,19H,5-9H2. The summed E-state index contributed by atoms with van der Waals surface area (Å²) < 4.78 is 32.6. The van der Waals surface area contributed by atoms with Crippen LogP contribution in [0.1, 0.15) is 45.2 Å². The number of amides is 2. The largest absolute Gasteiger partial charge is 0.290 e. The Morgan fingerprint density at radius 1 is 1.03 bits per heavy atom. The molecule has 2 atom stereocenters. The van der Waals surface area contributed by atoms with Crippen LogP contribution in [-0.4, -0.2) is 49.7 Å². The Labute approximate surface area is 195 Å². The van der Waals surface area contributed by atoms with Crippen LogP contribution in [0.3, 0.4) is 0 Å². The number of fused-ring (bicyclic) bond motifs is 2. The number of likely N-dealkylation sites (tertiary alicyclic amines) is 1. The summed E-state index contributed by atoms with van der Waals surface area (Å²) in [7, 11) is 0.